The van der Waals surface area contributed by atoms with Crippen LogP contribution in [0.5, 0.6) is 0 Å². The number of nitrogens with one attached hydrogen (secondary N) is 2. The zero-order valence-electron chi connectivity index (χ0n) is 12.1. The van der Waals surface area contributed by atoms with Gasteiger partial charge in [-0.25, -0.2) is 0 Å². The molecule has 0 saturated heterocycles. The van der Waals surface area contributed by atoms with Crippen LogP contribution in [0.2, 0.25) is 0 Å². The maximum Gasteiger partial charge on any atom is 0.167 e. The van der Waals surface area contributed by atoms with Gasteiger partial charge in [0.15, 0.2) is 5.76 Å². The molecule has 23 heavy (non-hydrogen) atoms. The number of hydrogen-bond acceptors (Lipinski definition) is 5. The van der Waals surface area contributed by atoms with Crippen molar-refractivity contribution in [1.29, 1.82) is 10.8 Å². The molecule has 1 aromatic carbocycles. The SMILES string of the molecule is N=C(N)c1cccc(-c2cc(-c3ccc(C(=N)N)nc3)no2)c1. The minimum absolute atomic E-state index is 0.00406. The van der Waals surface area contributed by atoms with Gasteiger partial charge in [0.05, 0.1) is 0 Å². The topological polar surface area (TPSA) is 139 Å². The van der Waals surface area contributed by atoms with Gasteiger partial charge in [-0.15, -0.1) is 0 Å². The normalized spacial score (nSPS) is 10.4. The number of nitrogens with two attached hydrogens (primary N) is 2. The molecular weight excluding hydrogens is 292 g/mol. The number of nitrogens with zero attached hydrogens (tertiary/aromatic N) is 2. The highest BCUT2D eigenvalue weighted by atomic mass is 16.5. The van der Waals surface area contributed by atoms with Gasteiger partial charge in [0.2, 0.25) is 0 Å². The van der Waals surface area contributed by atoms with Gasteiger partial charge in [-0.2, -0.15) is 0 Å². The number of benzene rings is 1. The molecule has 0 bridgehead atoms. The quantitative estimate of drug-likeness (QED) is 0.431. The molecule has 3 aromatic rings. The van der Waals surface area contributed by atoms with Gasteiger partial charge < -0.3 is 16.0 Å². The predicted molar refractivity (Wildman–Crippen MR) is 87.2 cm³/mol. The van der Waals surface area contributed by atoms with Crippen molar-refractivity contribution in [3.63, 3.8) is 0 Å². The van der Waals surface area contributed by atoms with Crippen molar-refractivity contribution in [1.82, 2.24) is 10.1 Å². The molecular formula is C16H14N6O. The first-order chi connectivity index (χ1) is 11.0. The van der Waals surface area contributed by atoms with E-state index in [1.807, 2.05) is 6.07 Å². The molecule has 0 saturated carbocycles. The molecule has 6 N–H and O–H groups in total. The molecule has 7 nitrogen and oxygen atoms in total. The summed E-state index contributed by atoms with van der Waals surface area (Å²) in [5.74, 6) is 0.479. The highest BCUT2D eigenvalue weighted by Gasteiger charge is 2.10. The molecule has 0 amide bonds. The van der Waals surface area contributed by atoms with E-state index < -0.39 is 0 Å². The van der Waals surface area contributed by atoms with E-state index >= 15 is 0 Å². The van der Waals surface area contributed by atoms with Gasteiger partial charge in [-0.1, -0.05) is 23.4 Å². The second-order valence-electron chi connectivity index (χ2n) is 4.92. The molecule has 0 atom stereocenters. The first-order valence-corrected chi connectivity index (χ1v) is 6.77. The molecule has 0 aliphatic carbocycles. The fraction of sp³-hybridized carbons (Fsp3) is 0. The molecule has 0 spiro atoms. The van der Waals surface area contributed by atoms with Crippen molar-refractivity contribution >= 4 is 11.7 Å². The van der Waals surface area contributed by atoms with E-state index in [2.05, 4.69) is 10.1 Å². The van der Waals surface area contributed by atoms with Gasteiger partial charge in [-0.05, 0) is 18.2 Å². The summed E-state index contributed by atoms with van der Waals surface area (Å²) in [7, 11) is 0. The van der Waals surface area contributed by atoms with Gasteiger partial charge >= 0.3 is 0 Å². The standard InChI is InChI=1S/C16H14N6O/c17-15(18)10-3-1-2-9(6-10)14-7-13(22-23-14)11-4-5-12(16(19)20)21-8-11/h1-8H,(H3,17,18)(H3,19,20). The van der Waals surface area contributed by atoms with Gasteiger partial charge in [0.25, 0.3) is 0 Å². The smallest absolute Gasteiger partial charge is 0.167 e. The summed E-state index contributed by atoms with van der Waals surface area (Å²) in [6.45, 7) is 0. The summed E-state index contributed by atoms with van der Waals surface area (Å²) in [6, 6.07) is 12.4. The molecule has 0 aliphatic rings. The molecule has 0 fully saturated rings. The van der Waals surface area contributed by atoms with Gasteiger partial charge in [-0.3, -0.25) is 15.8 Å². The van der Waals surface area contributed by atoms with E-state index in [0.29, 0.717) is 22.7 Å². The largest absolute Gasteiger partial charge is 0.384 e. The average Bonchev–Trinajstić information content (AvgIpc) is 3.05. The van der Waals surface area contributed by atoms with Crippen molar-refractivity contribution in [2.75, 3.05) is 0 Å². The Kier molecular flexibility index (Phi) is 3.60. The third-order valence-corrected chi connectivity index (χ3v) is 3.30. The fourth-order valence-corrected chi connectivity index (χ4v) is 2.09. The molecule has 7 heteroatoms. The minimum atomic E-state index is -0.0848. The maximum atomic E-state index is 7.48. The molecule has 2 aromatic heterocycles. The first-order valence-electron chi connectivity index (χ1n) is 6.77. The number of pyridine rings is 1. The number of nitrogen functional groups attached to an aromatic ring is 2. The van der Waals surface area contributed by atoms with Gasteiger partial charge in [0, 0.05) is 29.0 Å². The van der Waals surface area contributed by atoms with Crippen LogP contribution < -0.4 is 11.5 Å². The number of aromatic nitrogens is 2. The van der Waals surface area contributed by atoms with Crippen LogP contribution in [0.3, 0.4) is 0 Å². The van der Waals surface area contributed by atoms with Crippen LogP contribution in [0, 0.1) is 10.8 Å². The van der Waals surface area contributed by atoms with Gasteiger partial charge in [0.1, 0.15) is 23.1 Å². The monoisotopic (exact) mass is 306 g/mol. The van der Waals surface area contributed by atoms with E-state index in [-0.39, 0.29) is 11.7 Å². The summed E-state index contributed by atoms with van der Waals surface area (Å²) in [5.41, 5.74) is 14.1. The Morgan fingerprint density at radius 1 is 0.957 bits per heavy atom. The van der Waals surface area contributed by atoms with Crippen LogP contribution >= 0.6 is 0 Å². The summed E-state index contributed by atoms with van der Waals surface area (Å²) >= 11 is 0. The van der Waals surface area contributed by atoms with Crippen molar-refractivity contribution in [3.8, 4) is 22.6 Å². The highest BCUT2D eigenvalue weighted by molar-refractivity contribution is 5.96. The van der Waals surface area contributed by atoms with Crippen LogP contribution in [0.15, 0.2) is 53.2 Å². The third-order valence-electron chi connectivity index (χ3n) is 3.30. The van der Waals surface area contributed by atoms with E-state index in [9.17, 15) is 0 Å². The van der Waals surface area contributed by atoms with Crippen LogP contribution in [0.1, 0.15) is 11.3 Å². The lowest BCUT2D eigenvalue weighted by Gasteiger charge is -2.00. The van der Waals surface area contributed by atoms with Crippen molar-refractivity contribution < 1.29 is 4.52 Å². The van der Waals surface area contributed by atoms with Crippen LogP contribution in [0.25, 0.3) is 22.6 Å². The Labute approximate surface area is 132 Å². The number of rotatable bonds is 4. The third kappa shape index (κ3) is 2.93. The zero-order chi connectivity index (χ0) is 16.4. The lowest BCUT2D eigenvalue weighted by Crippen LogP contribution is -2.12. The molecule has 0 radical (unpaired) electrons. The van der Waals surface area contributed by atoms with Crippen molar-refractivity contribution in [2.24, 2.45) is 11.5 Å². The lowest BCUT2D eigenvalue weighted by molar-refractivity contribution is 0.435. The molecule has 0 unspecified atom stereocenters. The second-order valence-corrected chi connectivity index (χ2v) is 4.92. The maximum absolute atomic E-state index is 7.48. The molecule has 2 heterocycles. The van der Waals surface area contributed by atoms with E-state index in [4.69, 9.17) is 26.8 Å². The Balaban J connectivity index is 1.92. The summed E-state index contributed by atoms with van der Waals surface area (Å²) in [4.78, 5) is 4.10. The minimum Gasteiger partial charge on any atom is -0.384 e. The Morgan fingerprint density at radius 2 is 1.78 bits per heavy atom. The number of amidine groups is 2. The van der Waals surface area contributed by atoms with Crippen LogP contribution in [-0.2, 0) is 0 Å². The molecule has 114 valence electrons. The summed E-state index contributed by atoms with van der Waals surface area (Å²) in [6.07, 6.45) is 1.59. The van der Waals surface area contributed by atoms with E-state index in [1.165, 1.54) is 0 Å². The molecule has 0 aliphatic heterocycles. The van der Waals surface area contributed by atoms with E-state index in [1.54, 1.807) is 42.6 Å². The fourth-order valence-electron chi connectivity index (χ4n) is 2.09. The van der Waals surface area contributed by atoms with E-state index in [0.717, 1.165) is 11.1 Å². The Morgan fingerprint density at radius 3 is 2.43 bits per heavy atom. The van der Waals surface area contributed by atoms with Crippen LogP contribution in [-0.4, -0.2) is 21.8 Å². The van der Waals surface area contributed by atoms with Crippen LogP contribution in [0.4, 0.5) is 0 Å². The lowest BCUT2D eigenvalue weighted by atomic mass is 10.1. The highest BCUT2D eigenvalue weighted by Crippen LogP contribution is 2.26. The zero-order valence-corrected chi connectivity index (χ0v) is 12.1. The first kappa shape index (κ1) is 14.5. The summed E-state index contributed by atoms with van der Waals surface area (Å²) < 4.78 is 5.36. The number of hydrogen-bond donors (Lipinski definition) is 4. The molecule has 3 rings (SSSR count). The summed E-state index contributed by atoms with van der Waals surface area (Å²) in [5, 5.41) is 18.8. The predicted octanol–water partition coefficient (Wildman–Crippen LogP) is 1.97. The van der Waals surface area contributed by atoms with Crippen molar-refractivity contribution in [3.05, 3.63) is 59.9 Å². The Bertz CT molecular complexity index is 882. The Hall–Kier alpha value is -3.48. The average molecular weight is 306 g/mol. The van der Waals surface area contributed by atoms with Crippen molar-refractivity contribution in [2.45, 2.75) is 0 Å². The second kappa shape index (κ2) is 5.72.